The lowest BCUT2D eigenvalue weighted by Gasteiger charge is -2.12. The van der Waals surface area contributed by atoms with Gasteiger partial charge in [-0.15, -0.1) is 0 Å². The molecule has 0 aliphatic carbocycles. The average molecular weight is 418 g/mol. The summed E-state index contributed by atoms with van der Waals surface area (Å²) in [5.41, 5.74) is 0.945. The van der Waals surface area contributed by atoms with Crippen LogP contribution in [-0.2, 0) is 0 Å². The number of aromatic nitrogens is 2. The fraction of sp³-hybridized carbons (Fsp3) is 0.231. The molecule has 0 spiro atoms. The molecule has 20 heavy (non-hydrogen) atoms. The second kappa shape index (κ2) is 7.28. The Hall–Kier alpha value is -0.790. The van der Waals surface area contributed by atoms with E-state index in [2.05, 4.69) is 52.5 Å². The number of halogens is 2. The van der Waals surface area contributed by atoms with Gasteiger partial charge >= 0.3 is 0 Å². The van der Waals surface area contributed by atoms with Crippen molar-refractivity contribution in [1.29, 1.82) is 0 Å². The van der Waals surface area contributed by atoms with Crippen LogP contribution in [0, 0.1) is 0 Å². The molecule has 0 radical (unpaired) electrons. The minimum absolute atomic E-state index is 0.731. The van der Waals surface area contributed by atoms with Crippen LogP contribution in [0.2, 0.25) is 0 Å². The Morgan fingerprint density at radius 3 is 2.40 bits per heavy atom. The molecule has 0 aliphatic rings. The Kier molecular flexibility index (Phi) is 5.68. The maximum atomic E-state index is 4.47. The van der Waals surface area contributed by atoms with Crippen molar-refractivity contribution in [2.24, 2.45) is 0 Å². The van der Waals surface area contributed by atoms with E-state index in [0.717, 1.165) is 38.0 Å². The number of benzene rings is 1. The molecule has 2 rings (SSSR count). The minimum atomic E-state index is 0.731. The van der Waals surface area contributed by atoms with E-state index < -0.39 is 0 Å². The van der Waals surface area contributed by atoms with Crippen LogP contribution in [0.25, 0.3) is 0 Å². The summed E-state index contributed by atoms with van der Waals surface area (Å²) < 4.78 is 1.95. The first-order valence-electron chi connectivity index (χ1n) is 6.02. The van der Waals surface area contributed by atoms with Gasteiger partial charge in [0.1, 0.15) is 11.6 Å². The van der Waals surface area contributed by atoms with Crippen molar-refractivity contribution in [3.8, 4) is 0 Å². The molecule has 2 N–H and O–H groups in total. The first-order chi connectivity index (χ1) is 9.63. The topological polar surface area (TPSA) is 49.8 Å². The highest BCUT2D eigenvalue weighted by Gasteiger charge is 2.08. The number of nitrogens with one attached hydrogen (secondary N) is 2. The van der Waals surface area contributed by atoms with Crippen LogP contribution in [0.5, 0.6) is 0 Å². The van der Waals surface area contributed by atoms with Crippen molar-refractivity contribution in [3.63, 3.8) is 0 Å². The molecule has 1 aromatic carbocycles. The van der Waals surface area contributed by atoms with Gasteiger partial charge in [0.15, 0.2) is 5.16 Å². The molecule has 1 aromatic heterocycles. The maximum Gasteiger partial charge on any atom is 0.191 e. The number of hydrogen-bond donors (Lipinski definition) is 2. The van der Waals surface area contributed by atoms with Crippen molar-refractivity contribution in [3.05, 3.63) is 33.2 Å². The molecule has 0 fully saturated rings. The van der Waals surface area contributed by atoms with Crippen molar-refractivity contribution < 1.29 is 0 Å². The molecule has 0 unspecified atom stereocenters. The SMILES string of the molecule is CCNc1cc(Nc2c(Br)cccc2Br)nc(SC)n1. The highest BCUT2D eigenvalue weighted by Crippen LogP contribution is 2.33. The van der Waals surface area contributed by atoms with E-state index in [9.17, 15) is 0 Å². The molecule has 0 aliphatic heterocycles. The zero-order valence-corrected chi connectivity index (χ0v) is 15.1. The first kappa shape index (κ1) is 15.6. The normalized spacial score (nSPS) is 10.4. The second-order valence-electron chi connectivity index (χ2n) is 3.88. The van der Waals surface area contributed by atoms with Gasteiger partial charge in [0, 0.05) is 21.6 Å². The van der Waals surface area contributed by atoms with Gasteiger partial charge in [-0.05, 0) is 57.2 Å². The van der Waals surface area contributed by atoms with E-state index >= 15 is 0 Å². The number of para-hydroxylation sites is 1. The number of anilines is 3. The summed E-state index contributed by atoms with van der Waals surface area (Å²) in [6, 6.07) is 7.83. The van der Waals surface area contributed by atoms with Gasteiger partial charge in [0.05, 0.1) is 5.69 Å². The monoisotopic (exact) mass is 416 g/mol. The van der Waals surface area contributed by atoms with E-state index in [0.29, 0.717) is 0 Å². The zero-order valence-electron chi connectivity index (χ0n) is 11.1. The van der Waals surface area contributed by atoms with E-state index in [1.54, 1.807) is 0 Å². The highest BCUT2D eigenvalue weighted by atomic mass is 79.9. The van der Waals surface area contributed by atoms with Gasteiger partial charge in [-0.2, -0.15) is 0 Å². The van der Waals surface area contributed by atoms with Gasteiger partial charge in [-0.3, -0.25) is 0 Å². The average Bonchev–Trinajstić information content (AvgIpc) is 2.43. The minimum Gasteiger partial charge on any atom is -0.370 e. The van der Waals surface area contributed by atoms with Crippen LogP contribution in [0.3, 0.4) is 0 Å². The highest BCUT2D eigenvalue weighted by molar-refractivity contribution is 9.11. The lowest BCUT2D eigenvalue weighted by molar-refractivity contribution is 0.967. The second-order valence-corrected chi connectivity index (χ2v) is 6.36. The Morgan fingerprint density at radius 1 is 1.15 bits per heavy atom. The van der Waals surface area contributed by atoms with Gasteiger partial charge in [0.2, 0.25) is 0 Å². The lowest BCUT2D eigenvalue weighted by Crippen LogP contribution is -2.04. The van der Waals surface area contributed by atoms with Gasteiger partial charge in [0.25, 0.3) is 0 Å². The summed E-state index contributed by atoms with van der Waals surface area (Å²) in [4.78, 5) is 8.88. The van der Waals surface area contributed by atoms with Crippen LogP contribution >= 0.6 is 43.6 Å². The van der Waals surface area contributed by atoms with Crippen molar-refractivity contribution in [2.75, 3.05) is 23.4 Å². The quantitative estimate of drug-likeness (QED) is 0.535. The molecular weight excluding hydrogens is 404 g/mol. The Morgan fingerprint density at radius 2 is 1.80 bits per heavy atom. The van der Waals surface area contributed by atoms with Crippen LogP contribution in [0.1, 0.15) is 6.92 Å². The van der Waals surface area contributed by atoms with Gasteiger partial charge < -0.3 is 10.6 Å². The fourth-order valence-corrected chi connectivity index (χ4v) is 3.17. The van der Waals surface area contributed by atoms with Crippen LogP contribution in [0.4, 0.5) is 17.3 Å². The molecule has 4 nitrogen and oxygen atoms in total. The van der Waals surface area contributed by atoms with E-state index in [1.807, 2.05) is 37.4 Å². The standard InChI is InChI=1S/C13H14Br2N4S/c1-3-16-10-7-11(19-13(18-10)20-2)17-12-8(14)5-4-6-9(12)15/h4-7H,3H2,1-2H3,(H2,16,17,18,19). The number of thioether (sulfide) groups is 1. The molecule has 0 bridgehead atoms. The molecule has 106 valence electrons. The number of nitrogens with zero attached hydrogens (tertiary/aromatic N) is 2. The third kappa shape index (κ3) is 3.86. The van der Waals surface area contributed by atoms with Crippen LogP contribution < -0.4 is 10.6 Å². The molecule has 0 saturated heterocycles. The predicted molar refractivity (Wildman–Crippen MR) is 93.1 cm³/mol. The third-order valence-corrected chi connectivity index (χ3v) is 4.33. The van der Waals surface area contributed by atoms with Crippen LogP contribution in [0.15, 0.2) is 38.4 Å². The zero-order chi connectivity index (χ0) is 14.5. The van der Waals surface area contributed by atoms with Gasteiger partial charge in [-0.1, -0.05) is 17.8 Å². The lowest BCUT2D eigenvalue weighted by atomic mass is 10.3. The largest absolute Gasteiger partial charge is 0.370 e. The first-order valence-corrected chi connectivity index (χ1v) is 8.83. The molecule has 0 amide bonds. The Balaban J connectivity index is 2.35. The molecule has 1 heterocycles. The number of hydrogen-bond acceptors (Lipinski definition) is 5. The predicted octanol–water partition coefficient (Wildman–Crippen LogP) is 4.90. The maximum absolute atomic E-state index is 4.47. The van der Waals surface area contributed by atoms with E-state index in [1.165, 1.54) is 11.8 Å². The van der Waals surface area contributed by atoms with E-state index in [-0.39, 0.29) is 0 Å². The van der Waals surface area contributed by atoms with Gasteiger partial charge in [-0.25, -0.2) is 9.97 Å². The van der Waals surface area contributed by atoms with Crippen molar-refractivity contribution in [2.45, 2.75) is 12.1 Å². The van der Waals surface area contributed by atoms with Crippen molar-refractivity contribution in [1.82, 2.24) is 9.97 Å². The third-order valence-electron chi connectivity index (χ3n) is 2.46. The summed E-state index contributed by atoms with van der Waals surface area (Å²) in [5.74, 6) is 1.57. The molecule has 0 atom stereocenters. The van der Waals surface area contributed by atoms with Crippen molar-refractivity contribution >= 4 is 60.9 Å². The van der Waals surface area contributed by atoms with Crippen LogP contribution in [-0.4, -0.2) is 22.8 Å². The summed E-state index contributed by atoms with van der Waals surface area (Å²) in [6.45, 7) is 2.86. The summed E-state index contributed by atoms with van der Waals surface area (Å²) >= 11 is 8.58. The molecule has 2 aromatic rings. The summed E-state index contributed by atoms with van der Waals surface area (Å²) in [6.07, 6.45) is 1.96. The fourth-order valence-electron chi connectivity index (χ4n) is 1.60. The number of rotatable bonds is 5. The van der Waals surface area contributed by atoms with E-state index in [4.69, 9.17) is 0 Å². The Labute approximate surface area is 139 Å². The summed E-state index contributed by atoms with van der Waals surface area (Å²) in [7, 11) is 0. The smallest absolute Gasteiger partial charge is 0.191 e. The molecule has 0 saturated carbocycles. The summed E-state index contributed by atoms with van der Waals surface area (Å²) in [5, 5.41) is 7.26. The Bertz CT molecular complexity index is 587. The molecule has 7 heteroatoms. The molecular formula is C13H14Br2N4S.